The van der Waals surface area contributed by atoms with E-state index in [1.807, 2.05) is 29.6 Å². The van der Waals surface area contributed by atoms with Crippen LogP contribution in [0.5, 0.6) is 0 Å². The molecule has 2 N–H and O–H groups in total. The van der Waals surface area contributed by atoms with Gasteiger partial charge in [-0.3, -0.25) is 9.59 Å². The standard InChI is InChI=1S/C17H20N2O2S2/c1-13(19-17(21)15-9-5-11-23-15)16(20)18-10-6-12-22-14-7-3-2-4-8-14/h2-5,7-9,11,13H,6,10,12H2,1H3,(H,18,20)(H,19,21). The van der Waals surface area contributed by atoms with Crippen LogP contribution in [0, 0.1) is 0 Å². The molecule has 0 bridgehead atoms. The third-order valence-electron chi connectivity index (χ3n) is 3.12. The molecule has 122 valence electrons. The summed E-state index contributed by atoms with van der Waals surface area (Å²) in [6, 6.07) is 13.2. The highest BCUT2D eigenvalue weighted by molar-refractivity contribution is 7.99. The molecule has 1 atom stereocenters. The van der Waals surface area contributed by atoms with Gasteiger partial charge in [-0.25, -0.2) is 0 Å². The van der Waals surface area contributed by atoms with Crippen molar-refractivity contribution in [3.63, 3.8) is 0 Å². The molecule has 0 radical (unpaired) electrons. The van der Waals surface area contributed by atoms with Gasteiger partial charge in [0.2, 0.25) is 5.91 Å². The van der Waals surface area contributed by atoms with Gasteiger partial charge in [0.1, 0.15) is 6.04 Å². The fourth-order valence-electron chi connectivity index (χ4n) is 1.88. The predicted octanol–water partition coefficient (Wildman–Crippen LogP) is 3.17. The van der Waals surface area contributed by atoms with Crippen LogP contribution in [-0.4, -0.2) is 30.2 Å². The van der Waals surface area contributed by atoms with Crippen molar-refractivity contribution in [2.45, 2.75) is 24.3 Å². The summed E-state index contributed by atoms with van der Waals surface area (Å²) in [4.78, 5) is 25.7. The van der Waals surface area contributed by atoms with E-state index >= 15 is 0 Å². The van der Waals surface area contributed by atoms with Gasteiger partial charge in [0.15, 0.2) is 0 Å². The molecule has 2 amide bonds. The summed E-state index contributed by atoms with van der Waals surface area (Å²) in [6.45, 7) is 2.30. The van der Waals surface area contributed by atoms with Crippen molar-refractivity contribution >= 4 is 34.9 Å². The van der Waals surface area contributed by atoms with E-state index in [0.29, 0.717) is 11.4 Å². The lowest BCUT2D eigenvalue weighted by atomic mass is 10.3. The van der Waals surface area contributed by atoms with E-state index in [1.165, 1.54) is 16.2 Å². The van der Waals surface area contributed by atoms with Crippen LogP contribution >= 0.6 is 23.1 Å². The van der Waals surface area contributed by atoms with E-state index < -0.39 is 6.04 Å². The molecule has 2 aromatic rings. The first-order chi connectivity index (χ1) is 11.2. The van der Waals surface area contributed by atoms with E-state index in [2.05, 4.69) is 22.8 Å². The maximum Gasteiger partial charge on any atom is 0.261 e. The van der Waals surface area contributed by atoms with Crippen molar-refractivity contribution in [3.8, 4) is 0 Å². The summed E-state index contributed by atoms with van der Waals surface area (Å²) in [6.07, 6.45) is 0.886. The van der Waals surface area contributed by atoms with Gasteiger partial charge < -0.3 is 10.6 Å². The SMILES string of the molecule is CC(NC(=O)c1cccs1)C(=O)NCCCSc1ccccc1. The van der Waals surface area contributed by atoms with Crippen LogP contribution in [0.3, 0.4) is 0 Å². The Bertz CT molecular complexity index is 615. The average molecular weight is 348 g/mol. The fraction of sp³-hybridized carbons (Fsp3) is 0.294. The second-order valence-electron chi connectivity index (χ2n) is 4.98. The normalized spacial score (nSPS) is 11.7. The number of hydrogen-bond acceptors (Lipinski definition) is 4. The Labute approximate surface area is 144 Å². The van der Waals surface area contributed by atoms with Crippen LogP contribution in [0.15, 0.2) is 52.7 Å². The molecule has 23 heavy (non-hydrogen) atoms. The van der Waals surface area contributed by atoms with Crippen LogP contribution in [0.1, 0.15) is 23.0 Å². The number of thiophene rings is 1. The second kappa shape index (κ2) is 9.37. The summed E-state index contributed by atoms with van der Waals surface area (Å²) in [5.74, 6) is 0.585. The minimum atomic E-state index is -0.536. The lowest BCUT2D eigenvalue weighted by Crippen LogP contribution is -2.44. The number of thioether (sulfide) groups is 1. The average Bonchev–Trinajstić information content (AvgIpc) is 3.10. The van der Waals surface area contributed by atoms with Crippen molar-refractivity contribution in [1.29, 1.82) is 0 Å². The summed E-state index contributed by atoms with van der Waals surface area (Å²) in [7, 11) is 0. The minimum Gasteiger partial charge on any atom is -0.354 e. The second-order valence-corrected chi connectivity index (χ2v) is 7.09. The maximum absolute atomic E-state index is 12.0. The molecule has 4 nitrogen and oxygen atoms in total. The predicted molar refractivity (Wildman–Crippen MR) is 96.0 cm³/mol. The molecule has 0 aliphatic rings. The maximum atomic E-state index is 12.0. The Morgan fingerprint density at radius 1 is 1.17 bits per heavy atom. The highest BCUT2D eigenvalue weighted by Gasteiger charge is 2.16. The summed E-state index contributed by atoms with van der Waals surface area (Å²) < 4.78 is 0. The number of carbonyl (C=O) groups is 2. The van der Waals surface area contributed by atoms with Gasteiger partial charge in [-0.05, 0) is 42.7 Å². The van der Waals surface area contributed by atoms with Crippen molar-refractivity contribution < 1.29 is 9.59 Å². The molecule has 2 rings (SSSR count). The van der Waals surface area contributed by atoms with Crippen LogP contribution < -0.4 is 10.6 Å². The number of nitrogens with one attached hydrogen (secondary N) is 2. The Hall–Kier alpha value is -1.79. The van der Waals surface area contributed by atoms with Crippen molar-refractivity contribution in [1.82, 2.24) is 10.6 Å². The zero-order valence-electron chi connectivity index (χ0n) is 13.0. The van der Waals surface area contributed by atoms with Gasteiger partial charge in [0.05, 0.1) is 4.88 Å². The number of carbonyl (C=O) groups excluding carboxylic acids is 2. The van der Waals surface area contributed by atoms with Gasteiger partial charge in [-0.15, -0.1) is 23.1 Å². The van der Waals surface area contributed by atoms with E-state index in [4.69, 9.17) is 0 Å². The lowest BCUT2D eigenvalue weighted by molar-refractivity contribution is -0.122. The molecule has 0 saturated carbocycles. The molecule has 1 unspecified atom stereocenters. The van der Waals surface area contributed by atoms with Crippen molar-refractivity contribution in [2.75, 3.05) is 12.3 Å². The number of amides is 2. The first kappa shape index (κ1) is 17.6. The van der Waals surface area contributed by atoms with Crippen LogP contribution in [0.2, 0.25) is 0 Å². The highest BCUT2D eigenvalue weighted by atomic mass is 32.2. The molecule has 1 aromatic carbocycles. The minimum absolute atomic E-state index is 0.153. The van der Waals surface area contributed by atoms with Crippen LogP contribution in [0.25, 0.3) is 0 Å². The molecule has 0 aliphatic heterocycles. The molecular formula is C17H20N2O2S2. The van der Waals surface area contributed by atoms with Crippen molar-refractivity contribution in [3.05, 3.63) is 52.7 Å². The summed E-state index contributed by atoms with van der Waals surface area (Å²) in [5.41, 5.74) is 0. The highest BCUT2D eigenvalue weighted by Crippen LogP contribution is 2.17. The lowest BCUT2D eigenvalue weighted by Gasteiger charge is -2.13. The van der Waals surface area contributed by atoms with E-state index in [1.54, 1.807) is 24.8 Å². The molecule has 1 aromatic heterocycles. The topological polar surface area (TPSA) is 58.2 Å². The monoisotopic (exact) mass is 348 g/mol. The molecule has 0 spiro atoms. The van der Waals surface area contributed by atoms with Crippen LogP contribution in [-0.2, 0) is 4.79 Å². The van der Waals surface area contributed by atoms with Gasteiger partial charge in [0.25, 0.3) is 5.91 Å². The van der Waals surface area contributed by atoms with Gasteiger partial charge in [-0.1, -0.05) is 24.3 Å². The molecule has 0 fully saturated rings. The summed E-state index contributed by atoms with van der Waals surface area (Å²) >= 11 is 3.13. The molecular weight excluding hydrogens is 328 g/mol. The first-order valence-corrected chi connectivity index (χ1v) is 9.33. The Morgan fingerprint density at radius 3 is 2.65 bits per heavy atom. The van der Waals surface area contributed by atoms with E-state index in [-0.39, 0.29) is 11.8 Å². The molecule has 6 heteroatoms. The molecule has 1 heterocycles. The number of hydrogen-bond donors (Lipinski definition) is 2. The van der Waals surface area contributed by atoms with Gasteiger partial charge in [0, 0.05) is 11.4 Å². The smallest absolute Gasteiger partial charge is 0.261 e. The zero-order chi connectivity index (χ0) is 16.5. The Morgan fingerprint density at radius 2 is 1.96 bits per heavy atom. The largest absolute Gasteiger partial charge is 0.354 e. The third-order valence-corrected chi connectivity index (χ3v) is 5.09. The zero-order valence-corrected chi connectivity index (χ0v) is 14.6. The third kappa shape index (κ3) is 6.08. The first-order valence-electron chi connectivity index (χ1n) is 7.47. The molecule has 0 aliphatic carbocycles. The Kier molecular flexibility index (Phi) is 7.16. The van der Waals surface area contributed by atoms with E-state index in [0.717, 1.165) is 12.2 Å². The Balaban J connectivity index is 1.61. The number of benzene rings is 1. The molecule has 0 saturated heterocycles. The van der Waals surface area contributed by atoms with Gasteiger partial charge >= 0.3 is 0 Å². The number of rotatable bonds is 8. The van der Waals surface area contributed by atoms with Crippen molar-refractivity contribution in [2.24, 2.45) is 0 Å². The van der Waals surface area contributed by atoms with Gasteiger partial charge in [-0.2, -0.15) is 0 Å². The fourth-order valence-corrected chi connectivity index (χ4v) is 3.39. The quantitative estimate of drug-likeness (QED) is 0.569. The van der Waals surface area contributed by atoms with Crippen LogP contribution in [0.4, 0.5) is 0 Å². The summed E-state index contributed by atoms with van der Waals surface area (Å²) in [5, 5.41) is 7.40. The van der Waals surface area contributed by atoms with E-state index in [9.17, 15) is 9.59 Å².